The maximum Gasteiger partial charge on any atom is 0.238 e. The van der Waals surface area contributed by atoms with Crippen LogP contribution in [0.1, 0.15) is 0 Å². The molecule has 0 bridgehead atoms. The first-order chi connectivity index (χ1) is 28.3. The monoisotopic (exact) mass is 728 g/mol. The molecule has 4 aromatic heterocycles. The van der Waals surface area contributed by atoms with E-state index in [1.165, 1.54) is 27.2 Å². The van der Waals surface area contributed by atoms with E-state index >= 15 is 0 Å². The molecule has 0 aliphatic carbocycles. The molecule has 0 fully saturated rings. The van der Waals surface area contributed by atoms with E-state index in [-0.39, 0.29) is 0 Å². The van der Waals surface area contributed by atoms with Crippen LogP contribution in [-0.2, 0) is 0 Å². The standard InChI is InChI=1S/C51H32N6/c1-3-16-33(17-4-1)49-52-50(34-18-5-2-6-19-34)54-51(53-49)57-46-29-14-10-25-40(46)42-31-47-41(32-48(42)57)39-24-9-13-28-45(39)56(47)36-21-15-20-35(30-36)55-43-26-11-7-22-37(43)38-23-8-12-27-44(38)55/h1-32H. The van der Waals surface area contributed by atoms with Crippen molar-refractivity contribution in [1.82, 2.24) is 28.7 Å². The van der Waals surface area contributed by atoms with Gasteiger partial charge in [-0.25, -0.2) is 4.98 Å². The molecule has 0 N–H and O–H groups in total. The molecule has 0 atom stereocenters. The highest BCUT2D eigenvalue weighted by atomic mass is 15.2. The van der Waals surface area contributed by atoms with Crippen LogP contribution in [0.3, 0.4) is 0 Å². The fourth-order valence-corrected chi connectivity index (χ4v) is 8.79. The van der Waals surface area contributed by atoms with Gasteiger partial charge in [0.15, 0.2) is 11.6 Å². The van der Waals surface area contributed by atoms with E-state index in [4.69, 9.17) is 15.0 Å². The highest BCUT2D eigenvalue weighted by molar-refractivity contribution is 6.19. The zero-order chi connectivity index (χ0) is 37.5. The van der Waals surface area contributed by atoms with Crippen LogP contribution in [0.2, 0.25) is 0 Å². The third-order valence-corrected chi connectivity index (χ3v) is 11.3. The molecule has 57 heavy (non-hydrogen) atoms. The second-order valence-electron chi connectivity index (χ2n) is 14.5. The quantitative estimate of drug-likeness (QED) is 0.177. The van der Waals surface area contributed by atoms with Gasteiger partial charge in [-0.3, -0.25) is 4.57 Å². The molecule has 0 radical (unpaired) electrons. The second-order valence-corrected chi connectivity index (χ2v) is 14.5. The molecule has 8 aromatic carbocycles. The number of hydrogen-bond acceptors (Lipinski definition) is 3. The summed E-state index contributed by atoms with van der Waals surface area (Å²) in [7, 11) is 0. The Labute approximate surface area is 327 Å². The Morgan fingerprint density at radius 2 is 0.632 bits per heavy atom. The molecule has 0 saturated heterocycles. The van der Waals surface area contributed by atoms with Crippen molar-refractivity contribution in [2.45, 2.75) is 0 Å². The van der Waals surface area contributed by atoms with Crippen molar-refractivity contribution in [2.75, 3.05) is 0 Å². The SMILES string of the molecule is c1ccc(-c2nc(-c3ccccc3)nc(-n3c4ccccc4c4cc5c(cc43)c3ccccc3n5-c3cccc(-n4c5ccccc5c5ccccc54)c3)n2)cc1. The minimum absolute atomic E-state index is 0.580. The van der Waals surface area contributed by atoms with Gasteiger partial charge in [-0.15, -0.1) is 0 Å². The summed E-state index contributed by atoms with van der Waals surface area (Å²) in [6, 6.07) is 68.5. The van der Waals surface area contributed by atoms with Crippen LogP contribution >= 0.6 is 0 Å². The molecule has 0 amide bonds. The third-order valence-electron chi connectivity index (χ3n) is 11.3. The molecule has 12 aromatic rings. The maximum atomic E-state index is 5.18. The van der Waals surface area contributed by atoms with Gasteiger partial charge in [0.1, 0.15) is 0 Å². The van der Waals surface area contributed by atoms with Gasteiger partial charge in [0.05, 0.1) is 33.1 Å². The molecular formula is C51H32N6. The summed E-state index contributed by atoms with van der Waals surface area (Å²) < 4.78 is 7.01. The van der Waals surface area contributed by atoms with E-state index in [1.54, 1.807) is 0 Å². The van der Waals surface area contributed by atoms with E-state index in [1.807, 2.05) is 36.4 Å². The predicted octanol–water partition coefficient (Wildman–Crippen LogP) is 12.5. The molecule has 4 heterocycles. The third kappa shape index (κ3) is 4.81. The average molecular weight is 729 g/mol. The van der Waals surface area contributed by atoms with Crippen LogP contribution in [-0.4, -0.2) is 28.7 Å². The molecule has 0 saturated carbocycles. The lowest BCUT2D eigenvalue weighted by Gasteiger charge is -2.13. The van der Waals surface area contributed by atoms with Crippen molar-refractivity contribution in [3.8, 4) is 40.1 Å². The number of hydrogen-bond donors (Lipinski definition) is 0. The van der Waals surface area contributed by atoms with Crippen LogP contribution in [0.5, 0.6) is 0 Å². The summed E-state index contributed by atoms with van der Waals surface area (Å²) in [5.41, 5.74) is 10.8. The molecule has 6 heteroatoms. The van der Waals surface area contributed by atoms with Gasteiger partial charge in [0.25, 0.3) is 0 Å². The Morgan fingerprint density at radius 3 is 1.11 bits per heavy atom. The Morgan fingerprint density at radius 1 is 0.263 bits per heavy atom. The average Bonchev–Trinajstić information content (AvgIpc) is 3.91. The van der Waals surface area contributed by atoms with E-state index in [0.717, 1.165) is 60.7 Å². The fraction of sp³-hybridized carbons (Fsp3) is 0. The van der Waals surface area contributed by atoms with Gasteiger partial charge in [-0.1, -0.05) is 140 Å². The van der Waals surface area contributed by atoms with E-state index < -0.39 is 0 Å². The van der Waals surface area contributed by atoms with E-state index in [2.05, 4.69) is 171 Å². The predicted molar refractivity (Wildman–Crippen MR) is 234 cm³/mol. The smallest absolute Gasteiger partial charge is 0.238 e. The van der Waals surface area contributed by atoms with Crippen molar-refractivity contribution in [2.24, 2.45) is 0 Å². The first-order valence-corrected chi connectivity index (χ1v) is 19.2. The zero-order valence-electron chi connectivity index (χ0n) is 30.7. The first-order valence-electron chi connectivity index (χ1n) is 19.2. The van der Waals surface area contributed by atoms with Crippen LogP contribution in [0, 0.1) is 0 Å². The van der Waals surface area contributed by atoms with E-state index in [0.29, 0.717) is 17.6 Å². The van der Waals surface area contributed by atoms with Crippen molar-refractivity contribution in [3.05, 3.63) is 194 Å². The lowest BCUT2D eigenvalue weighted by atomic mass is 10.1. The molecule has 266 valence electrons. The summed E-state index contributed by atoms with van der Waals surface area (Å²) in [4.78, 5) is 15.3. The number of fused-ring (bicyclic) bond motifs is 9. The summed E-state index contributed by atoms with van der Waals surface area (Å²) in [6.07, 6.45) is 0. The molecule has 0 unspecified atom stereocenters. The van der Waals surface area contributed by atoms with Crippen molar-refractivity contribution < 1.29 is 0 Å². The Bertz CT molecular complexity index is 3410. The molecule has 12 rings (SSSR count). The van der Waals surface area contributed by atoms with E-state index in [9.17, 15) is 0 Å². The van der Waals surface area contributed by atoms with Crippen LogP contribution in [0.4, 0.5) is 0 Å². The van der Waals surface area contributed by atoms with Gasteiger partial charge in [-0.2, -0.15) is 9.97 Å². The number of aromatic nitrogens is 6. The second kappa shape index (κ2) is 12.3. The van der Waals surface area contributed by atoms with Crippen molar-refractivity contribution >= 4 is 65.4 Å². The number of nitrogens with zero attached hydrogens (tertiary/aromatic N) is 6. The summed E-state index contributed by atoms with van der Waals surface area (Å²) in [5.74, 6) is 1.84. The molecule has 6 nitrogen and oxygen atoms in total. The van der Waals surface area contributed by atoms with Gasteiger partial charge in [-0.05, 0) is 54.6 Å². The number of rotatable bonds is 5. The normalized spacial score (nSPS) is 11.9. The molecule has 0 aliphatic rings. The van der Waals surface area contributed by atoms with Gasteiger partial charge < -0.3 is 9.13 Å². The zero-order valence-corrected chi connectivity index (χ0v) is 30.7. The van der Waals surface area contributed by atoms with Crippen molar-refractivity contribution in [3.63, 3.8) is 0 Å². The van der Waals surface area contributed by atoms with Crippen LogP contribution < -0.4 is 0 Å². The molecule has 0 aliphatic heterocycles. The van der Waals surface area contributed by atoms with Gasteiger partial charge in [0, 0.05) is 54.8 Å². The number of para-hydroxylation sites is 4. The Balaban J connectivity index is 1.13. The molecular weight excluding hydrogens is 697 g/mol. The lowest BCUT2D eigenvalue weighted by Crippen LogP contribution is -2.06. The highest BCUT2D eigenvalue weighted by Crippen LogP contribution is 2.40. The minimum atomic E-state index is 0.580. The van der Waals surface area contributed by atoms with Gasteiger partial charge in [0.2, 0.25) is 5.95 Å². The van der Waals surface area contributed by atoms with Gasteiger partial charge >= 0.3 is 0 Å². The van der Waals surface area contributed by atoms with Crippen LogP contribution in [0.25, 0.3) is 106 Å². The molecule has 0 spiro atoms. The summed E-state index contributed by atoms with van der Waals surface area (Å²) in [6.45, 7) is 0. The Hall–Kier alpha value is -7.83. The summed E-state index contributed by atoms with van der Waals surface area (Å²) >= 11 is 0. The highest BCUT2D eigenvalue weighted by Gasteiger charge is 2.21. The van der Waals surface area contributed by atoms with Crippen LogP contribution in [0.15, 0.2) is 194 Å². The topological polar surface area (TPSA) is 53.5 Å². The lowest BCUT2D eigenvalue weighted by molar-refractivity contribution is 0.954. The first kappa shape index (κ1) is 31.5. The largest absolute Gasteiger partial charge is 0.309 e. The fourth-order valence-electron chi connectivity index (χ4n) is 8.79. The Kier molecular flexibility index (Phi) is 6.83. The number of benzene rings is 8. The minimum Gasteiger partial charge on any atom is -0.309 e. The maximum absolute atomic E-state index is 5.18. The van der Waals surface area contributed by atoms with Crippen molar-refractivity contribution in [1.29, 1.82) is 0 Å². The summed E-state index contributed by atoms with van der Waals surface area (Å²) in [5, 5.41) is 7.10.